The molecule has 0 saturated heterocycles. The number of nitrogen functional groups attached to an aromatic ring is 2. The number of hydrogen-bond acceptors (Lipinski definition) is 3. The van der Waals surface area contributed by atoms with Crippen LogP contribution in [0.25, 0.3) is 0 Å². The van der Waals surface area contributed by atoms with Crippen LogP contribution in [0.15, 0.2) is 12.1 Å². The van der Waals surface area contributed by atoms with Crippen molar-refractivity contribution >= 4 is 23.0 Å². The lowest BCUT2D eigenvalue weighted by Crippen LogP contribution is -2.18. The first-order valence-corrected chi connectivity index (χ1v) is 3.77. The van der Waals surface area contributed by atoms with Crippen LogP contribution in [0.3, 0.4) is 0 Å². The molecule has 0 radical (unpaired) electrons. The minimum absolute atomic E-state index is 0.0277. The number of hydrogen-bond donors (Lipinski definition) is 2. The van der Waals surface area contributed by atoms with E-state index in [0.717, 1.165) is 12.1 Å². The van der Waals surface area contributed by atoms with Crippen molar-refractivity contribution in [2.24, 2.45) is 0 Å². The molecule has 0 heterocycles. The summed E-state index contributed by atoms with van der Waals surface area (Å²) < 4.78 is 39.0. The Morgan fingerprint density at radius 3 is 2.21 bits per heavy atom. The van der Waals surface area contributed by atoms with Crippen molar-refractivity contribution in [2.45, 2.75) is 6.36 Å². The average Bonchev–Trinajstić information content (AvgIpc) is 1.97. The summed E-state index contributed by atoms with van der Waals surface area (Å²) in [6.45, 7) is 0. The SMILES string of the molecule is Nc1cc(OC(F)(F)F)c(N)cc1Cl. The highest BCUT2D eigenvalue weighted by Gasteiger charge is 2.32. The first-order chi connectivity index (χ1) is 6.29. The fourth-order valence-electron chi connectivity index (χ4n) is 0.798. The number of anilines is 2. The molecule has 1 aromatic rings. The Labute approximate surface area is 82.4 Å². The summed E-state index contributed by atoms with van der Waals surface area (Å²) in [6.07, 6.45) is -4.80. The van der Waals surface area contributed by atoms with Gasteiger partial charge < -0.3 is 16.2 Å². The van der Waals surface area contributed by atoms with E-state index < -0.39 is 12.1 Å². The second-order valence-electron chi connectivity index (χ2n) is 2.46. The van der Waals surface area contributed by atoms with E-state index in [1.165, 1.54) is 0 Å². The van der Waals surface area contributed by atoms with Gasteiger partial charge in [-0.05, 0) is 6.07 Å². The summed E-state index contributed by atoms with van der Waals surface area (Å²) in [7, 11) is 0. The Balaban J connectivity index is 3.04. The number of ether oxygens (including phenoxy) is 1. The van der Waals surface area contributed by atoms with Crippen molar-refractivity contribution in [3.05, 3.63) is 17.2 Å². The largest absolute Gasteiger partial charge is 0.573 e. The van der Waals surface area contributed by atoms with Crippen molar-refractivity contribution in [2.75, 3.05) is 11.5 Å². The second-order valence-corrected chi connectivity index (χ2v) is 2.87. The molecule has 0 aliphatic carbocycles. The van der Waals surface area contributed by atoms with Crippen molar-refractivity contribution in [3.8, 4) is 5.75 Å². The van der Waals surface area contributed by atoms with E-state index in [0.29, 0.717) is 0 Å². The molecule has 0 aliphatic rings. The fourth-order valence-corrected chi connectivity index (χ4v) is 0.970. The lowest BCUT2D eigenvalue weighted by atomic mass is 10.2. The minimum Gasteiger partial charge on any atom is -0.404 e. The smallest absolute Gasteiger partial charge is 0.404 e. The van der Waals surface area contributed by atoms with Gasteiger partial charge in [-0.2, -0.15) is 0 Å². The molecule has 0 bridgehead atoms. The summed E-state index contributed by atoms with van der Waals surface area (Å²) in [6, 6.07) is 2.02. The molecule has 3 nitrogen and oxygen atoms in total. The predicted octanol–water partition coefficient (Wildman–Crippen LogP) is 2.40. The average molecular weight is 227 g/mol. The van der Waals surface area contributed by atoms with Crippen LogP contribution in [0.4, 0.5) is 24.5 Å². The van der Waals surface area contributed by atoms with Crippen molar-refractivity contribution < 1.29 is 17.9 Å². The molecule has 0 saturated carbocycles. The Morgan fingerprint density at radius 1 is 1.14 bits per heavy atom. The van der Waals surface area contributed by atoms with Gasteiger partial charge in [0, 0.05) is 6.07 Å². The highest BCUT2D eigenvalue weighted by atomic mass is 35.5. The van der Waals surface area contributed by atoms with Crippen LogP contribution in [0, 0.1) is 0 Å². The molecule has 0 aromatic heterocycles. The zero-order valence-corrected chi connectivity index (χ0v) is 7.49. The second kappa shape index (κ2) is 3.45. The van der Waals surface area contributed by atoms with Crippen LogP contribution in [0.2, 0.25) is 5.02 Å². The van der Waals surface area contributed by atoms with Gasteiger partial charge in [0.2, 0.25) is 0 Å². The van der Waals surface area contributed by atoms with Gasteiger partial charge in [-0.3, -0.25) is 0 Å². The van der Waals surface area contributed by atoms with Gasteiger partial charge in [-0.15, -0.1) is 13.2 Å². The zero-order chi connectivity index (χ0) is 10.9. The zero-order valence-electron chi connectivity index (χ0n) is 6.73. The highest BCUT2D eigenvalue weighted by Crippen LogP contribution is 2.34. The van der Waals surface area contributed by atoms with Crippen LogP contribution in [0.5, 0.6) is 5.75 Å². The maximum atomic E-state index is 11.8. The molecular formula is C7H6ClF3N2O. The molecular weight excluding hydrogens is 221 g/mol. The van der Waals surface area contributed by atoms with Gasteiger partial charge in [-0.25, -0.2) is 0 Å². The quantitative estimate of drug-likeness (QED) is 0.723. The summed E-state index contributed by atoms with van der Waals surface area (Å²) in [5, 5.41) is 0.0806. The number of halogens is 4. The van der Waals surface area contributed by atoms with Crippen LogP contribution in [-0.4, -0.2) is 6.36 Å². The number of alkyl halides is 3. The maximum Gasteiger partial charge on any atom is 0.573 e. The molecule has 0 aliphatic heterocycles. The van der Waals surface area contributed by atoms with Gasteiger partial charge in [0.25, 0.3) is 0 Å². The highest BCUT2D eigenvalue weighted by molar-refractivity contribution is 6.33. The van der Waals surface area contributed by atoms with E-state index in [-0.39, 0.29) is 16.4 Å². The normalized spacial score (nSPS) is 11.4. The lowest BCUT2D eigenvalue weighted by Gasteiger charge is -2.12. The van der Waals surface area contributed by atoms with Crippen LogP contribution in [0.1, 0.15) is 0 Å². The van der Waals surface area contributed by atoms with Crippen molar-refractivity contribution in [1.29, 1.82) is 0 Å². The van der Waals surface area contributed by atoms with Gasteiger partial charge in [0.05, 0.1) is 16.4 Å². The number of benzene rings is 1. The van der Waals surface area contributed by atoms with Gasteiger partial charge in [0.15, 0.2) is 5.75 Å². The first kappa shape index (κ1) is 10.8. The van der Waals surface area contributed by atoms with E-state index in [2.05, 4.69) is 4.74 Å². The van der Waals surface area contributed by atoms with Gasteiger partial charge in [0.1, 0.15) is 0 Å². The summed E-state index contributed by atoms with van der Waals surface area (Å²) in [5.41, 5.74) is 10.3. The monoisotopic (exact) mass is 226 g/mol. The summed E-state index contributed by atoms with van der Waals surface area (Å²) in [5.74, 6) is -0.556. The van der Waals surface area contributed by atoms with E-state index in [9.17, 15) is 13.2 Å². The topological polar surface area (TPSA) is 61.3 Å². The molecule has 1 aromatic carbocycles. The van der Waals surface area contributed by atoms with E-state index in [4.69, 9.17) is 23.1 Å². The van der Waals surface area contributed by atoms with E-state index in [1.807, 2.05) is 0 Å². The third-order valence-electron chi connectivity index (χ3n) is 1.35. The maximum absolute atomic E-state index is 11.8. The Kier molecular flexibility index (Phi) is 2.66. The third kappa shape index (κ3) is 2.59. The van der Waals surface area contributed by atoms with E-state index in [1.54, 1.807) is 0 Å². The van der Waals surface area contributed by atoms with Crippen LogP contribution in [-0.2, 0) is 0 Å². The lowest BCUT2D eigenvalue weighted by molar-refractivity contribution is -0.274. The van der Waals surface area contributed by atoms with Crippen LogP contribution >= 0.6 is 11.6 Å². The Hall–Kier alpha value is -1.30. The third-order valence-corrected chi connectivity index (χ3v) is 1.68. The molecule has 4 N–H and O–H groups in total. The molecule has 14 heavy (non-hydrogen) atoms. The molecule has 0 spiro atoms. The predicted molar refractivity (Wildman–Crippen MR) is 47.0 cm³/mol. The molecule has 0 atom stereocenters. The minimum atomic E-state index is -4.80. The summed E-state index contributed by atoms with van der Waals surface area (Å²) >= 11 is 5.52. The molecule has 7 heteroatoms. The Morgan fingerprint density at radius 2 is 1.71 bits per heavy atom. The molecule has 78 valence electrons. The molecule has 0 amide bonds. The molecule has 0 fully saturated rings. The van der Waals surface area contributed by atoms with Crippen LogP contribution < -0.4 is 16.2 Å². The van der Waals surface area contributed by atoms with Gasteiger partial charge in [-0.1, -0.05) is 11.6 Å². The Bertz CT molecular complexity index is 354. The molecule has 1 rings (SSSR count). The van der Waals surface area contributed by atoms with Crippen molar-refractivity contribution in [1.82, 2.24) is 0 Å². The van der Waals surface area contributed by atoms with E-state index >= 15 is 0 Å². The number of nitrogens with two attached hydrogens (primary N) is 2. The van der Waals surface area contributed by atoms with Crippen molar-refractivity contribution in [3.63, 3.8) is 0 Å². The first-order valence-electron chi connectivity index (χ1n) is 3.40. The number of rotatable bonds is 1. The summed E-state index contributed by atoms with van der Waals surface area (Å²) in [4.78, 5) is 0. The fraction of sp³-hybridized carbons (Fsp3) is 0.143. The molecule has 0 unspecified atom stereocenters. The van der Waals surface area contributed by atoms with Gasteiger partial charge >= 0.3 is 6.36 Å². The standard InChI is InChI=1S/C7H6ClF3N2O/c8-3-1-5(13)6(2-4(3)12)14-7(9,10)11/h1-2H,12-13H2.